The molecule has 0 aromatic rings. The van der Waals surface area contributed by atoms with E-state index < -0.39 is 5.60 Å². The molecule has 2 aliphatic rings. The third-order valence-corrected chi connectivity index (χ3v) is 3.68. The summed E-state index contributed by atoms with van der Waals surface area (Å²) in [5, 5.41) is 19.4. The molecule has 13 heavy (non-hydrogen) atoms. The highest BCUT2D eigenvalue weighted by Crippen LogP contribution is 2.50. The second-order valence-electron chi connectivity index (χ2n) is 5.58. The maximum atomic E-state index is 9.71. The largest absolute Gasteiger partial charge is 0.393 e. The zero-order valence-electron chi connectivity index (χ0n) is 8.53. The summed E-state index contributed by atoms with van der Waals surface area (Å²) in [6.07, 6.45) is 4.21. The van der Waals surface area contributed by atoms with Crippen LogP contribution < -0.4 is 0 Å². The lowest BCUT2D eigenvalue weighted by atomic mass is 9.80. The number of rotatable bonds is 2. The third-order valence-electron chi connectivity index (χ3n) is 3.68. The lowest BCUT2D eigenvalue weighted by molar-refractivity contribution is 0.0144. The summed E-state index contributed by atoms with van der Waals surface area (Å²) in [5.74, 6) is 1.79. The van der Waals surface area contributed by atoms with E-state index in [9.17, 15) is 10.2 Å². The quantitative estimate of drug-likeness (QED) is 0.683. The molecule has 2 heteroatoms. The summed E-state index contributed by atoms with van der Waals surface area (Å²) in [7, 11) is 0. The first-order chi connectivity index (χ1) is 5.96. The minimum Gasteiger partial charge on any atom is -0.393 e. The molecular weight excluding hydrogens is 164 g/mol. The summed E-state index contributed by atoms with van der Waals surface area (Å²) in [4.78, 5) is 0. The molecule has 4 unspecified atom stereocenters. The lowest BCUT2D eigenvalue weighted by Crippen LogP contribution is -2.31. The second kappa shape index (κ2) is 2.96. The van der Waals surface area contributed by atoms with Crippen molar-refractivity contribution in [3.05, 3.63) is 0 Å². The molecule has 0 amide bonds. The fourth-order valence-electron chi connectivity index (χ4n) is 3.33. The van der Waals surface area contributed by atoms with Gasteiger partial charge in [-0.1, -0.05) is 0 Å². The van der Waals surface area contributed by atoms with Gasteiger partial charge in [0.2, 0.25) is 0 Å². The highest BCUT2D eigenvalue weighted by Gasteiger charge is 2.46. The van der Waals surface area contributed by atoms with Crippen LogP contribution in [0.25, 0.3) is 0 Å². The van der Waals surface area contributed by atoms with E-state index in [1.54, 1.807) is 0 Å². The van der Waals surface area contributed by atoms with E-state index in [0.717, 1.165) is 18.8 Å². The summed E-state index contributed by atoms with van der Waals surface area (Å²) >= 11 is 0. The fraction of sp³-hybridized carbons (Fsp3) is 1.00. The van der Waals surface area contributed by atoms with Gasteiger partial charge in [0.25, 0.3) is 0 Å². The summed E-state index contributed by atoms with van der Waals surface area (Å²) in [5.41, 5.74) is -0.561. The Balaban J connectivity index is 1.96. The summed E-state index contributed by atoms with van der Waals surface area (Å²) in [6, 6.07) is 0. The molecule has 0 radical (unpaired) electrons. The third kappa shape index (κ3) is 1.89. The number of aliphatic hydroxyl groups excluding tert-OH is 1. The lowest BCUT2D eigenvalue weighted by Gasteiger charge is -2.30. The monoisotopic (exact) mass is 184 g/mol. The van der Waals surface area contributed by atoms with E-state index in [0.29, 0.717) is 11.8 Å². The first-order valence-corrected chi connectivity index (χ1v) is 5.36. The predicted octanol–water partition coefficient (Wildman–Crippen LogP) is 1.55. The molecule has 0 saturated heterocycles. The molecule has 2 rings (SSSR count). The van der Waals surface area contributed by atoms with Crippen molar-refractivity contribution in [2.75, 3.05) is 0 Å². The summed E-state index contributed by atoms with van der Waals surface area (Å²) in [6.45, 7) is 3.73. The zero-order chi connectivity index (χ0) is 9.64. The Morgan fingerprint density at radius 1 is 1.23 bits per heavy atom. The standard InChI is InChI=1S/C11H20O2/c1-11(2,13)6-8-3-7-4-9(8)10(12)5-7/h7-10,12-13H,3-6H2,1-2H3. The number of hydrogen-bond acceptors (Lipinski definition) is 2. The van der Waals surface area contributed by atoms with Gasteiger partial charge >= 0.3 is 0 Å². The second-order valence-corrected chi connectivity index (χ2v) is 5.58. The van der Waals surface area contributed by atoms with Gasteiger partial charge in [-0.05, 0) is 57.3 Å². The molecule has 0 spiro atoms. The fourth-order valence-corrected chi connectivity index (χ4v) is 3.33. The van der Waals surface area contributed by atoms with Gasteiger partial charge < -0.3 is 10.2 Å². The van der Waals surface area contributed by atoms with Crippen LogP contribution in [0, 0.1) is 17.8 Å². The van der Waals surface area contributed by atoms with Gasteiger partial charge in [0, 0.05) is 0 Å². The van der Waals surface area contributed by atoms with E-state index in [-0.39, 0.29) is 6.10 Å². The zero-order valence-corrected chi connectivity index (χ0v) is 8.53. The van der Waals surface area contributed by atoms with Crippen LogP contribution in [0.3, 0.4) is 0 Å². The van der Waals surface area contributed by atoms with E-state index in [4.69, 9.17) is 0 Å². The van der Waals surface area contributed by atoms with Crippen molar-refractivity contribution in [2.24, 2.45) is 17.8 Å². The average molecular weight is 184 g/mol. The van der Waals surface area contributed by atoms with Crippen molar-refractivity contribution in [2.45, 2.75) is 51.2 Å². The van der Waals surface area contributed by atoms with Crippen LogP contribution in [-0.2, 0) is 0 Å². The molecule has 2 bridgehead atoms. The molecule has 2 saturated carbocycles. The van der Waals surface area contributed by atoms with Crippen molar-refractivity contribution in [1.29, 1.82) is 0 Å². The molecule has 2 N–H and O–H groups in total. The molecule has 0 aliphatic heterocycles. The van der Waals surface area contributed by atoms with E-state index in [1.807, 2.05) is 13.8 Å². The Hall–Kier alpha value is -0.0800. The molecule has 76 valence electrons. The SMILES string of the molecule is CC(C)(O)CC1CC2CC(O)C1C2. The Morgan fingerprint density at radius 2 is 1.92 bits per heavy atom. The smallest absolute Gasteiger partial charge is 0.0594 e. The Labute approximate surface area is 80.0 Å². The minimum atomic E-state index is -0.561. The Morgan fingerprint density at radius 3 is 2.38 bits per heavy atom. The molecular formula is C11H20O2. The van der Waals surface area contributed by atoms with Gasteiger partial charge in [0.1, 0.15) is 0 Å². The van der Waals surface area contributed by atoms with Crippen LogP contribution in [0.15, 0.2) is 0 Å². The van der Waals surface area contributed by atoms with Crippen molar-refractivity contribution >= 4 is 0 Å². The van der Waals surface area contributed by atoms with E-state index in [2.05, 4.69) is 0 Å². The molecule has 0 heterocycles. The Kier molecular flexibility index (Phi) is 2.16. The van der Waals surface area contributed by atoms with Crippen molar-refractivity contribution < 1.29 is 10.2 Å². The summed E-state index contributed by atoms with van der Waals surface area (Å²) < 4.78 is 0. The van der Waals surface area contributed by atoms with Crippen LogP contribution in [0.2, 0.25) is 0 Å². The molecule has 4 atom stereocenters. The van der Waals surface area contributed by atoms with Gasteiger partial charge in [0.15, 0.2) is 0 Å². The predicted molar refractivity (Wildman–Crippen MR) is 51.2 cm³/mol. The topological polar surface area (TPSA) is 40.5 Å². The highest BCUT2D eigenvalue weighted by molar-refractivity contribution is 4.96. The average Bonchev–Trinajstić information content (AvgIpc) is 2.40. The van der Waals surface area contributed by atoms with Crippen LogP contribution in [0.5, 0.6) is 0 Å². The maximum absolute atomic E-state index is 9.71. The molecule has 2 aliphatic carbocycles. The molecule has 0 aromatic carbocycles. The number of hydrogen-bond donors (Lipinski definition) is 2. The Bertz CT molecular complexity index is 195. The van der Waals surface area contributed by atoms with E-state index >= 15 is 0 Å². The first-order valence-electron chi connectivity index (χ1n) is 5.36. The van der Waals surface area contributed by atoms with Gasteiger partial charge in [-0.2, -0.15) is 0 Å². The normalized spacial score (nSPS) is 44.3. The number of aliphatic hydroxyl groups is 2. The van der Waals surface area contributed by atoms with Crippen LogP contribution in [0.4, 0.5) is 0 Å². The van der Waals surface area contributed by atoms with Crippen LogP contribution in [0.1, 0.15) is 39.5 Å². The number of fused-ring (bicyclic) bond motifs is 2. The van der Waals surface area contributed by atoms with Gasteiger partial charge in [0.05, 0.1) is 11.7 Å². The molecule has 2 fully saturated rings. The maximum Gasteiger partial charge on any atom is 0.0594 e. The molecule has 2 nitrogen and oxygen atoms in total. The first kappa shape index (κ1) is 9.47. The minimum absolute atomic E-state index is 0.0777. The van der Waals surface area contributed by atoms with Gasteiger partial charge in [-0.15, -0.1) is 0 Å². The van der Waals surface area contributed by atoms with Crippen molar-refractivity contribution in [3.8, 4) is 0 Å². The highest BCUT2D eigenvalue weighted by atomic mass is 16.3. The van der Waals surface area contributed by atoms with Gasteiger partial charge in [-0.25, -0.2) is 0 Å². The van der Waals surface area contributed by atoms with Crippen LogP contribution >= 0.6 is 0 Å². The molecule has 0 aromatic heterocycles. The van der Waals surface area contributed by atoms with Crippen molar-refractivity contribution in [1.82, 2.24) is 0 Å². The van der Waals surface area contributed by atoms with Gasteiger partial charge in [-0.3, -0.25) is 0 Å². The van der Waals surface area contributed by atoms with Crippen molar-refractivity contribution in [3.63, 3.8) is 0 Å². The van der Waals surface area contributed by atoms with E-state index in [1.165, 1.54) is 12.8 Å². The van der Waals surface area contributed by atoms with Crippen LogP contribution in [-0.4, -0.2) is 21.9 Å².